The van der Waals surface area contributed by atoms with Gasteiger partial charge >= 0.3 is 0 Å². The summed E-state index contributed by atoms with van der Waals surface area (Å²) in [5.41, 5.74) is 2.68. The molecule has 0 aromatic heterocycles. The van der Waals surface area contributed by atoms with Crippen molar-refractivity contribution in [2.24, 2.45) is 0 Å². The second kappa shape index (κ2) is 4.15. The Bertz CT molecular complexity index is 119. The minimum absolute atomic E-state index is 0.296. The van der Waals surface area contributed by atoms with E-state index in [1.165, 1.54) is 0 Å². The summed E-state index contributed by atoms with van der Waals surface area (Å²) in [5, 5.41) is 0. The maximum Gasteiger partial charge on any atom is 0.119 e. The molecule has 2 saturated heterocycles. The fourth-order valence-electron chi connectivity index (χ4n) is 0.754. The third-order valence-corrected chi connectivity index (χ3v) is 1.64. The number of hydroxylamine groups is 1. The van der Waals surface area contributed by atoms with Gasteiger partial charge in [-0.25, -0.2) is 0 Å². The average molecular weight is 175 g/mol. The molecule has 0 amide bonds. The van der Waals surface area contributed by atoms with Crippen LogP contribution in [0.2, 0.25) is 0 Å². The Balaban J connectivity index is 1.31. The Hall–Kier alpha value is -0.200. The molecule has 2 rings (SSSR count). The lowest BCUT2D eigenvalue weighted by molar-refractivity contribution is -0.0402. The molecule has 2 unspecified atom stereocenters. The largest absolute Gasteiger partial charge is 0.371 e. The van der Waals surface area contributed by atoms with Crippen molar-refractivity contribution in [2.45, 2.75) is 12.2 Å². The van der Waals surface area contributed by atoms with Crippen LogP contribution in [0.4, 0.5) is 0 Å². The summed E-state index contributed by atoms with van der Waals surface area (Å²) in [6, 6.07) is 0. The van der Waals surface area contributed by atoms with E-state index in [2.05, 4.69) is 5.48 Å². The number of epoxide rings is 2. The van der Waals surface area contributed by atoms with Crippen LogP contribution < -0.4 is 5.48 Å². The topological polar surface area (TPSA) is 55.5 Å². The molecule has 70 valence electrons. The fourth-order valence-corrected chi connectivity index (χ4v) is 0.754. The van der Waals surface area contributed by atoms with Crippen LogP contribution in [0.1, 0.15) is 0 Å². The molecule has 0 radical (unpaired) electrons. The standard InChI is InChI=1S/C7H13NO4/c1(6-2-10-6)9-5-8-12-4-7-3-11-7/h6-8H,1-5H2. The Labute approximate surface area is 70.9 Å². The SMILES string of the molecule is C(NOCC1CO1)OCC1CO1. The maximum atomic E-state index is 5.16. The molecular weight excluding hydrogens is 162 g/mol. The molecule has 0 aromatic carbocycles. The van der Waals surface area contributed by atoms with E-state index in [1.807, 2.05) is 0 Å². The van der Waals surface area contributed by atoms with E-state index in [4.69, 9.17) is 19.0 Å². The van der Waals surface area contributed by atoms with E-state index < -0.39 is 0 Å². The van der Waals surface area contributed by atoms with E-state index in [0.717, 1.165) is 13.2 Å². The lowest BCUT2D eigenvalue weighted by atomic mass is 10.5. The summed E-state index contributed by atoms with van der Waals surface area (Å²) < 4.78 is 15.0. The summed E-state index contributed by atoms with van der Waals surface area (Å²) in [5.74, 6) is 0. The van der Waals surface area contributed by atoms with Crippen LogP contribution in [-0.2, 0) is 19.0 Å². The van der Waals surface area contributed by atoms with E-state index >= 15 is 0 Å². The Morgan fingerprint density at radius 2 is 1.83 bits per heavy atom. The normalized spacial score (nSPS) is 32.0. The van der Waals surface area contributed by atoms with Gasteiger partial charge in [-0.3, -0.25) is 4.84 Å². The Kier molecular flexibility index (Phi) is 2.91. The molecule has 2 aliphatic rings. The van der Waals surface area contributed by atoms with Crippen molar-refractivity contribution < 1.29 is 19.0 Å². The summed E-state index contributed by atoms with van der Waals surface area (Å²) in [6.07, 6.45) is 0.614. The van der Waals surface area contributed by atoms with Gasteiger partial charge in [-0.15, -0.1) is 0 Å². The van der Waals surface area contributed by atoms with Gasteiger partial charge in [0.05, 0.1) is 26.4 Å². The van der Waals surface area contributed by atoms with Gasteiger partial charge in [0.15, 0.2) is 0 Å². The molecule has 5 nitrogen and oxygen atoms in total. The van der Waals surface area contributed by atoms with Gasteiger partial charge in [0.25, 0.3) is 0 Å². The maximum absolute atomic E-state index is 5.16. The van der Waals surface area contributed by atoms with Crippen LogP contribution in [0.25, 0.3) is 0 Å². The lowest BCUT2D eigenvalue weighted by Crippen LogP contribution is -2.22. The summed E-state index contributed by atoms with van der Waals surface area (Å²) in [4.78, 5) is 5.02. The molecule has 0 spiro atoms. The second-order valence-corrected chi connectivity index (χ2v) is 2.88. The molecule has 2 heterocycles. The minimum atomic E-state index is 0.296. The van der Waals surface area contributed by atoms with Crippen LogP contribution in [0, 0.1) is 0 Å². The van der Waals surface area contributed by atoms with E-state index in [9.17, 15) is 0 Å². The predicted octanol–water partition coefficient (Wildman–Crippen LogP) is -0.721. The first kappa shape index (κ1) is 8.40. The molecule has 2 fully saturated rings. The third-order valence-electron chi connectivity index (χ3n) is 1.64. The van der Waals surface area contributed by atoms with Gasteiger partial charge in [0.1, 0.15) is 18.9 Å². The monoisotopic (exact) mass is 175 g/mol. The molecule has 0 aromatic rings. The molecule has 5 heteroatoms. The number of rotatable bonds is 7. The first-order valence-electron chi connectivity index (χ1n) is 4.11. The zero-order chi connectivity index (χ0) is 8.23. The van der Waals surface area contributed by atoms with Gasteiger partial charge in [-0.05, 0) is 0 Å². The lowest BCUT2D eigenvalue weighted by Gasteiger charge is -2.03. The van der Waals surface area contributed by atoms with Gasteiger partial charge in [0.2, 0.25) is 0 Å². The van der Waals surface area contributed by atoms with E-state index in [-0.39, 0.29) is 0 Å². The molecule has 1 N–H and O–H groups in total. The summed E-state index contributed by atoms with van der Waals surface area (Å²) >= 11 is 0. The fraction of sp³-hybridized carbons (Fsp3) is 1.00. The molecule has 2 aliphatic heterocycles. The second-order valence-electron chi connectivity index (χ2n) is 2.88. The van der Waals surface area contributed by atoms with Crippen LogP contribution in [0.3, 0.4) is 0 Å². The van der Waals surface area contributed by atoms with Crippen LogP contribution in [0.5, 0.6) is 0 Å². The van der Waals surface area contributed by atoms with Crippen molar-refractivity contribution in [3.8, 4) is 0 Å². The predicted molar refractivity (Wildman–Crippen MR) is 39.4 cm³/mol. The quantitative estimate of drug-likeness (QED) is 0.239. The van der Waals surface area contributed by atoms with Gasteiger partial charge in [-0.2, -0.15) is 5.48 Å². The molecule has 12 heavy (non-hydrogen) atoms. The zero-order valence-corrected chi connectivity index (χ0v) is 6.82. The Morgan fingerprint density at radius 3 is 2.50 bits per heavy atom. The first-order valence-corrected chi connectivity index (χ1v) is 4.11. The molecule has 2 atom stereocenters. The first-order chi connectivity index (χ1) is 5.95. The number of nitrogens with one attached hydrogen (secondary N) is 1. The van der Waals surface area contributed by atoms with Crippen molar-refractivity contribution in [3.05, 3.63) is 0 Å². The van der Waals surface area contributed by atoms with Crippen molar-refractivity contribution in [2.75, 3.05) is 33.2 Å². The Morgan fingerprint density at radius 1 is 1.17 bits per heavy atom. The number of hydrogen-bond donors (Lipinski definition) is 1. The third kappa shape index (κ3) is 3.46. The van der Waals surface area contributed by atoms with Crippen LogP contribution in [0.15, 0.2) is 0 Å². The zero-order valence-electron chi connectivity index (χ0n) is 6.82. The van der Waals surface area contributed by atoms with Crippen LogP contribution >= 0.6 is 0 Å². The highest BCUT2D eigenvalue weighted by Crippen LogP contribution is 2.08. The number of ether oxygens (including phenoxy) is 3. The van der Waals surface area contributed by atoms with E-state index in [0.29, 0.717) is 32.2 Å². The van der Waals surface area contributed by atoms with E-state index in [1.54, 1.807) is 0 Å². The van der Waals surface area contributed by atoms with Crippen molar-refractivity contribution in [1.82, 2.24) is 5.48 Å². The van der Waals surface area contributed by atoms with Gasteiger partial charge in [-0.1, -0.05) is 0 Å². The average Bonchev–Trinajstić information content (AvgIpc) is 2.89. The summed E-state index contributed by atoms with van der Waals surface area (Å²) in [7, 11) is 0. The van der Waals surface area contributed by atoms with Crippen molar-refractivity contribution in [3.63, 3.8) is 0 Å². The van der Waals surface area contributed by atoms with Gasteiger partial charge < -0.3 is 14.2 Å². The van der Waals surface area contributed by atoms with Crippen LogP contribution in [-0.4, -0.2) is 45.4 Å². The highest BCUT2D eigenvalue weighted by atomic mass is 16.7. The number of hydrogen-bond acceptors (Lipinski definition) is 5. The molecule has 0 aliphatic carbocycles. The minimum Gasteiger partial charge on any atom is -0.371 e. The highest BCUT2D eigenvalue weighted by Gasteiger charge is 2.23. The highest BCUT2D eigenvalue weighted by molar-refractivity contribution is 4.67. The molecular formula is C7H13NO4. The van der Waals surface area contributed by atoms with Crippen molar-refractivity contribution in [1.29, 1.82) is 0 Å². The molecule has 0 saturated carbocycles. The smallest absolute Gasteiger partial charge is 0.119 e. The van der Waals surface area contributed by atoms with Crippen molar-refractivity contribution >= 4 is 0 Å². The summed E-state index contributed by atoms with van der Waals surface area (Å²) in [6.45, 7) is 3.31. The molecule has 0 bridgehead atoms. The van der Waals surface area contributed by atoms with Gasteiger partial charge in [0, 0.05) is 0 Å².